The number of nitrogens with zero attached hydrogens (tertiary/aromatic N) is 4. The molecule has 1 aliphatic heterocycles. The molecule has 8 nitrogen and oxygen atoms in total. The molecule has 1 saturated heterocycles. The third kappa shape index (κ3) is 4.37. The van der Waals surface area contributed by atoms with Crippen molar-refractivity contribution in [3.63, 3.8) is 0 Å². The van der Waals surface area contributed by atoms with Gasteiger partial charge >= 0.3 is 5.69 Å². The van der Waals surface area contributed by atoms with E-state index in [-0.39, 0.29) is 26.9 Å². The molecule has 5 rings (SSSR count). The van der Waals surface area contributed by atoms with Gasteiger partial charge in [-0.05, 0) is 55.8 Å². The number of halogens is 2. The topological polar surface area (TPSA) is 103 Å². The van der Waals surface area contributed by atoms with Crippen LogP contribution in [0.2, 0.25) is 10.0 Å². The van der Waals surface area contributed by atoms with Gasteiger partial charge in [0.2, 0.25) is 5.95 Å². The van der Waals surface area contributed by atoms with Crippen LogP contribution in [0, 0.1) is 5.41 Å². The number of benzene rings is 2. The van der Waals surface area contributed by atoms with Crippen molar-refractivity contribution in [2.45, 2.75) is 19.4 Å². The number of anilines is 2. The number of para-hydroxylation sites is 1. The predicted molar refractivity (Wildman–Crippen MR) is 130 cm³/mol. The Morgan fingerprint density at radius 2 is 1.82 bits per heavy atom. The molecule has 2 aromatic carbocycles. The van der Waals surface area contributed by atoms with Gasteiger partial charge in [0.25, 0.3) is 0 Å². The lowest BCUT2D eigenvalue weighted by Gasteiger charge is -2.15. The number of nitrogens with one attached hydrogen (secondary N) is 3. The van der Waals surface area contributed by atoms with E-state index in [2.05, 4.69) is 37.3 Å². The molecule has 1 fully saturated rings. The molecule has 0 aliphatic carbocycles. The molecule has 3 N–H and O–H groups in total. The van der Waals surface area contributed by atoms with Gasteiger partial charge in [-0.25, -0.2) is 14.3 Å². The van der Waals surface area contributed by atoms with Crippen molar-refractivity contribution in [1.29, 1.82) is 5.41 Å². The van der Waals surface area contributed by atoms with E-state index in [4.69, 9.17) is 28.6 Å². The average Bonchev–Trinajstić information content (AvgIpc) is 3.29. The molecule has 3 heterocycles. The Hall–Kier alpha value is -3.20. The number of hydrogen-bond acceptors (Lipinski definition) is 6. The lowest BCUT2D eigenvalue weighted by Crippen LogP contribution is -2.34. The Morgan fingerprint density at radius 3 is 2.58 bits per heavy atom. The van der Waals surface area contributed by atoms with Crippen molar-refractivity contribution < 1.29 is 0 Å². The third-order valence-electron chi connectivity index (χ3n) is 5.65. The molecular weight excluding hydrogens is 461 g/mol. The summed E-state index contributed by atoms with van der Waals surface area (Å²) in [5.74, 6) is 0.324. The Morgan fingerprint density at radius 1 is 1.09 bits per heavy atom. The van der Waals surface area contributed by atoms with E-state index in [1.54, 1.807) is 18.2 Å². The van der Waals surface area contributed by atoms with Crippen molar-refractivity contribution >= 4 is 45.9 Å². The summed E-state index contributed by atoms with van der Waals surface area (Å²) in [6, 6.07) is 13.0. The van der Waals surface area contributed by atoms with Crippen LogP contribution in [0.3, 0.4) is 0 Å². The number of fused-ring (bicyclic) bond motifs is 1. The standard InChI is InChI=1S/C23H21Cl2N7O/c24-17-7-4-8-18(25)19(17)32-20(26)16-12-27-22(29-21(16)30-23(32)33)28-15-6-3-5-14(11-15)13-31-9-1-2-10-31/h3-8,11-12,26H,1-2,9-10,13H2,(H2,27,28,29,30,33). The van der Waals surface area contributed by atoms with Crippen LogP contribution in [-0.2, 0) is 6.54 Å². The molecule has 4 aromatic rings. The van der Waals surface area contributed by atoms with Gasteiger partial charge in [0, 0.05) is 18.4 Å². The molecule has 0 bridgehead atoms. The zero-order valence-electron chi connectivity index (χ0n) is 17.6. The second-order valence-corrected chi connectivity index (χ2v) is 8.76. The van der Waals surface area contributed by atoms with Crippen LogP contribution in [-0.4, -0.2) is 37.5 Å². The zero-order chi connectivity index (χ0) is 22.9. The van der Waals surface area contributed by atoms with E-state index < -0.39 is 5.69 Å². The molecule has 33 heavy (non-hydrogen) atoms. The summed E-state index contributed by atoms with van der Waals surface area (Å²) in [6.45, 7) is 3.18. The molecule has 0 amide bonds. The fourth-order valence-corrected chi connectivity index (χ4v) is 4.65. The minimum absolute atomic E-state index is 0.108. The van der Waals surface area contributed by atoms with Crippen molar-refractivity contribution in [2.75, 3.05) is 18.4 Å². The molecule has 2 aromatic heterocycles. The predicted octanol–water partition coefficient (Wildman–Crippen LogP) is 4.23. The van der Waals surface area contributed by atoms with E-state index in [9.17, 15) is 4.79 Å². The van der Waals surface area contributed by atoms with E-state index in [0.29, 0.717) is 11.3 Å². The first kappa shape index (κ1) is 21.6. The second kappa shape index (κ2) is 8.97. The van der Waals surface area contributed by atoms with Crippen LogP contribution in [0.1, 0.15) is 18.4 Å². The Bertz CT molecular complexity index is 1440. The van der Waals surface area contributed by atoms with Crippen LogP contribution in [0.5, 0.6) is 0 Å². The Balaban J connectivity index is 1.47. The maximum absolute atomic E-state index is 12.8. The summed E-state index contributed by atoms with van der Waals surface area (Å²) < 4.78 is 1.12. The highest BCUT2D eigenvalue weighted by Gasteiger charge is 2.15. The molecular formula is C23H21Cl2N7O. The van der Waals surface area contributed by atoms with E-state index in [1.807, 2.05) is 12.1 Å². The Kier molecular flexibility index (Phi) is 5.88. The first-order valence-corrected chi connectivity index (χ1v) is 11.3. The van der Waals surface area contributed by atoms with Crippen molar-refractivity contribution in [1.82, 2.24) is 24.4 Å². The van der Waals surface area contributed by atoms with Crippen LogP contribution in [0.15, 0.2) is 53.5 Å². The number of aromatic amines is 1. The molecule has 0 unspecified atom stereocenters. The van der Waals surface area contributed by atoms with Gasteiger partial charge in [0.05, 0.1) is 21.1 Å². The van der Waals surface area contributed by atoms with Crippen molar-refractivity contribution in [3.8, 4) is 5.69 Å². The normalized spacial score (nSPS) is 14.1. The van der Waals surface area contributed by atoms with Crippen LogP contribution in [0.25, 0.3) is 16.7 Å². The van der Waals surface area contributed by atoms with Gasteiger partial charge in [-0.15, -0.1) is 0 Å². The highest BCUT2D eigenvalue weighted by Crippen LogP contribution is 2.26. The quantitative estimate of drug-likeness (QED) is 0.395. The van der Waals surface area contributed by atoms with Gasteiger partial charge in [0.15, 0.2) is 5.65 Å². The summed E-state index contributed by atoms with van der Waals surface area (Å²) in [4.78, 5) is 26.7. The van der Waals surface area contributed by atoms with Crippen LogP contribution >= 0.6 is 23.2 Å². The molecule has 0 radical (unpaired) electrons. The monoisotopic (exact) mass is 481 g/mol. The highest BCUT2D eigenvalue weighted by atomic mass is 35.5. The Labute approximate surface area is 199 Å². The number of hydrogen-bond donors (Lipinski definition) is 3. The number of rotatable bonds is 5. The van der Waals surface area contributed by atoms with E-state index in [0.717, 1.165) is 29.9 Å². The lowest BCUT2D eigenvalue weighted by molar-refractivity contribution is 0.331. The summed E-state index contributed by atoms with van der Waals surface area (Å²) in [5.41, 5.74) is 1.87. The number of likely N-dealkylation sites (tertiary alicyclic amines) is 1. The van der Waals surface area contributed by atoms with Crippen molar-refractivity contribution in [2.24, 2.45) is 0 Å². The first-order chi connectivity index (χ1) is 16.0. The maximum Gasteiger partial charge on any atom is 0.333 e. The largest absolute Gasteiger partial charge is 0.333 e. The minimum atomic E-state index is -0.570. The second-order valence-electron chi connectivity index (χ2n) is 7.95. The molecule has 0 spiro atoms. The average molecular weight is 482 g/mol. The van der Waals surface area contributed by atoms with Gasteiger partial charge in [0.1, 0.15) is 5.49 Å². The zero-order valence-corrected chi connectivity index (χ0v) is 19.1. The molecule has 1 aliphatic rings. The highest BCUT2D eigenvalue weighted by molar-refractivity contribution is 6.37. The lowest BCUT2D eigenvalue weighted by atomic mass is 10.2. The van der Waals surface area contributed by atoms with Gasteiger partial charge < -0.3 is 5.32 Å². The van der Waals surface area contributed by atoms with E-state index >= 15 is 0 Å². The first-order valence-electron chi connectivity index (χ1n) is 10.6. The number of H-pyrrole nitrogens is 1. The van der Waals surface area contributed by atoms with Gasteiger partial charge in [-0.3, -0.25) is 15.3 Å². The molecule has 0 saturated carbocycles. The van der Waals surface area contributed by atoms with Crippen LogP contribution < -0.4 is 16.5 Å². The number of aromatic nitrogens is 4. The van der Waals surface area contributed by atoms with Gasteiger partial charge in [-0.2, -0.15) is 4.98 Å². The SMILES string of the molecule is N=c1c2cnc(Nc3cccc(CN4CCCC4)c3)nc2[nH]c(=O)n1-c1c(Cl)cccc1Cl. The minimum Gasteiger partial charge on any atom is -0.324 e. The maximum atomic E-state index is 12.8. The van der Waals surface area contributed by atoms with Gasteiger partial charge in [-0.1, -0.05) is 41.4 Å². The molecule has 10 heteroatoms. The van der Waals surface area contributed by atoms with Crippen LogP contribution in [0.4, 0.5) is 11.6 Å². The fraction of sp³-hybridized carbons (Fsp3) is 0.217. The summed E-state index contributed by atoms with van der Waals surface area (Å²) in [7, 11) is 0. The summed E-state index contributed by atoms with van der Waals surface area (Å²) in [5, 5.41) is 12.6. The molecule has 0 atom stereocenters. The molecule has 168 valence electrons. The van der Waals surface area contributed by atoms with E-state index in [1.165, 1.54) is 24.6 Å². The third-order valence-corrected chi connectivity index (χ3v) is 6.26. The summed E-state index contributed by atoms with van der Waals surface area (Å²) in [6.07, 6.45) is 4.00. The fourth-order valence-electron chi connectivity index (χ4n) is 4.08. The van der Waals surface area contributed by atoms with Crippen molar-refractivity contribution in [3.05, 3.63) is 80.2 Å². The summed E-state index contributed by atoms with van der Waals surface area (Å²) >= 11 is 12.5. The smallest absolute Gasteiger partial charge is 0.324 e.